The van der Waals surface area contributed by atoms with E-state index < -0.39 is 6.04 Å². The number of likely N-dealkylation sites (tertiary alicyclic amines) is 1. The highest BCUT2D eigenvalue weighted by molar-refractivity contribution is 7.98. The average Bonchev–Trinajstić information content (AvgIpc) is 3.07. The number of carbonyl (C=O) groups excluding carboxylic acids is 3. The van der Waals surface area contributed by atoms with Crippen LogP contribution in [0, 0.1) is 29.6 Å². The topological polar surface area (TPSA) is 66.5 Å². The van der Waals surface area contributed by atoms with Crippen molar-refractivity contribution in [2.45, 2.75) is 75.7 Å². The van der Waals surface area contributed by atoms with Gasteiger partial charge in [0.15, 0.2) is 0 Å². The highest BCUT2D eigenvalue weighted by atomic mass is 32.2. The summed E-state index contributed by atoms with van der Waals surface area (Å²) in [7, 11) is 0. The average molecular weight is 481 g/mol. The molecule has 4 bridgehead atoms. The molecule has 0 spiro atoms. The zero-order valence-corrected chi connectivity index (χ0v) is 20.9. The summed E-state index contributed by atoms with van der Waals surface area (Å²) < 4.78 is 0. The Balaban J connectivity index is 1.18. The van der Waals surface area contributed by atoms with Crippen LogP contribution >= 0.6 is 11.8 Å². The number of imide groups is 1. The van der Waals surface area contributed by atoms with E-state index in [4.69, 9.17) is 0 Å². The number of thioether (sulfide) groups is 1. The van der Waals surface area contributed by atoms with Crippen molar-refractivity contribution in [1.29, 1.82) is 0 Å². The van der Waals surface area contributed by atoms with Gasteiger partial charge in [0.05, 0.1) is 11.8 Å². The van der Waals surface area contributed by atoms with Crippen molar-refractivity contribution in [2.24, 2.45) is 29.6 Å². The lowest BCUT2D eigenvalue weighted by Gasteiger charge is -2.57. The van der Waals surface area contributed by atoms with E-state index in [0.717, 1.165) is 49.1 Å². The second kappa shape index (κ2) is 8.69. The Bertz CT molecular complexity index is 931. The third-order valence-corrected chi connectivity index (χ3v) is 10.3. The number of nitrogens with zero attached hydrogens (tertiary/aromatic N) is 1. The van der Waals surface area contributed by atoms with Crippen LogP contribution in [0.15, 0.2) is 24.3 Å². The number of benzene rings is 1. The number of anilines is 1. The van der Waals surface area contributed by atoms with Gasteiger partial charge >= 0.3 is 0 Å². The highest BCUT2D eigenvalue weighted by Crippen LogP contribution is 2.60. The maximum atomic E-state index is 13.3. The van der Waals surface area contributed by atoms with E-state index in [0.29, 0.717) is 11.2 Å². The maximum absolute atomic E-state index is 13.3. The molecule has 1 saturated heterocycles. The van der Waals surface area contributed by atoms with Gasteiger partial charge in [0.1, 0.15) is 6.04 Å². The monoisotopic (exact) mass is 480 g/mol. The molecule has 6 heteroatoms. The van der Waals surface area contributed by atoms with E-state index in [1.54, 1.807) is 0 Å². The molecule has 0 aromatic heterocycles. The SMILES string of the molecule is CSCC(C(=O)Nc1ccc(C23CC4CC(CC(C4)C2)C3)cc1)N1C(=O)C2CCCCC2C1=O. The molecular weight excluding hydrogens is 444 g/mol. The fourth-order valence-corrected chi connectivity index (χ4v) is 9.13. The Labute approximate surface area is 206 Å². The van der Waals surface area contributed by atoms with Crippen LogP contribution in [-0.4, -0.2) is 40.7 Å². The van der Waals surface area contributed by atoms with Gasteiger partial charge in [-0.2, -0.15) is 11.8 Å². The number of hydrogen-bond donors (Lipinski definition) is 1. The summed E-state index contributed by atoms with van der Waals surface area (Å²) in [6.07, 6.45) is 13.7. The predicted octanol–water partition coefficient (Wildman–Crippen LogP) is 5.00. The minimum atomic E-state index is -0.747. The summed E-state index contributed by atoms with van der Waals surface area (Å²) >= 11 is 1.50. The minimum absolute atomic E-state index is 0.138. The first kappa shape index (κ1) is 22.6. The number of fused-ring (bicyclic) bond motifs is 1. The molecule has 1 heterocycles. The van der Waals surface area contributed by atoms with E-state index in [9.17, 15) is 14.4 Å². The molecule has 6 aliphatic rings. The van der Waals surface area contributed by atoms with Crippen LogP contribution in [0.25, 0.3) is 0 Å². The van der Waals surface area contributed by atoms with E-state index in [2.05, 4.69) is 17.4 Å². The van der Waals surface area contributed by atoms with Crippen molar-refractivity contribution in [1.82, 2.24) is 4.90 Å². The van der Waals surface area contributed by atoms with Crippen LogP contribution in [0.4, 0.5) is 5.69 Å². The normalized spacial score (nSPS) is 37.1. The Morgan fingerprint density at radius 2 is 1.50 bits per heavy atom. The third-order valence-electron chi connectivity index (χ3n) is 9.62. The van der Waals surface area contributed by atoms with Crippen LogP contribution in [-0.2, 0) is 19.8 Å². The predicted molar refractivity (Wildman–Crippen MR) is 134 cm³/mol. The number of hydrogen-bond acceptors (Lipinski definition) is 4. The first-order valence-corrected chi connectivity index (χ1v) is 14.6. The Morgan fingerprint density at radius 3 is 2.00 bits per heavy atom. The number of amides is 3. The Morgan fingerprint density at radius 1 is 0.971 bits per heavy atom. The molecule has 5 nitrogen and oxygen atoms in total. The number of rotatable bonds is 6. The molecule has 6 fully saturated rings. The van der Waals surface area contributed by atoms with Gasteiger partial charge in [-0.25, -0.2) is 0 Å². The van der Waals surface area contributed by atoms with Gasteiger partial charge < -0.3 is 5.32 Å². The minimum Gasteiger partial charge on any atom is -0.324 e. The molecule has 0 radical (unpaired) electrons. The van der Waals surface area contributed by atoms with Gasteiger partial charge in [-0.05, 0) is 98.5 Å². The van der Waals surface area contributed by atoms with Gasteiger partial charge in [-0.3, -0.25) is 19.3 Å². The molecule has 7 rings (SSSR count). The number of nitrogens with one attached hydrogen (secondary N) is 1. The van der Waals surface area contributed by atoms with Gasteiger partial charge in [-0.15, -0.1) is 0 Å². The Kier molecular flexibility index (Phi) is 5.78. The molecule has 1 aromatic carbocycles. The first-order chi connectivity index (χ1) is 16.5. The van der Waals surface area contributed by atoms with Crippen molar-refractivity contribution >= 4 is 35.2 Å². The van der Waals surface area contributed by atoms with Crippen molar-refractivity contribution in [3.63, 3.8) is 0 Å². The highest BCUT2D eigenvalue weighted by Gasteiger charge is 2.53. The molecular formula is C28H36N2O3S. The zero-order chi connectivity index (χ0) is 23.4. The quantitative estimate of drug-likeness (QED) is 0.582. The number of carbonyl (C=O) groups is 3. The summed E-state index contributed by atoms with van der Waals surface area (Å²) in [4.78, 5) is 40.8. The molecule has 3 amide bonds. The molecule has 1 aromatic rings. The summed E-state index contributed by atoms with van der Waals surface area (Å²) in [5.41, 5.74) is 2.52. The lowest BCUT2D eigenvalue weighted by atomic mass is 9.48. The molecule has 5 aliphatic carbocycles. The molecule has 182 valence electrons. The van der Waals surface area contributed by atoms with Gasteiger partial charge in [0.25, 0.3) is 0 Å². The lowest BCUT2D eigenvalue weighted by molar-refractivity contribution is -0.145. The summed E-state index contributed by atoms with van der Waals surface area (Å²) in [6, 6.07) is 7.73. The van der Waals surface area contributed by atoms with E-state index in [1.807, 2.05) is 18.4 Å². The lowest BCUT2D eigenvalue weighted by Crippen LogP contribution is -2.49. The van der Waals surface area contributed by atoms with Crippen LogP contribution < -0.4 is 5.32 Å². The van der Waals surface area contributed by atoms with Crippen LogP contribution in [0.5, 0.6) is 0 Å². The second-order valence-corrected chi connectivity index (χ2v) is 12.7. The van der Waals surface area contributed by atoms with Gasteiger partial charge in [0.2, 0.25) is 17.7 Å². The van der Waals surface area contributed by atoms with E-state index in [1.165, 1.54) is 60.8 Å². The molecule has 1 N–H and O–H groups in total. The van der Waals surface area contributed by atoms with Crippen LogP contribution in [0.1, 0.15) is 69.8 Å². The Hall–Kier alpha value is -1.82. The van der Waals surface area contributed by atoms with E-state index >= 15 is 0 Å². The summed E-state index contributed by atoms with van der Waals surface area (Å²) in [5.74, 6) is 2.15. The summed E-state index contributed by atoms with van der Waals surface area (Å²) in [6.45, 7) is 0. The maximum Gasteiger partial charge on any atom is 0.248 e. The molecule has 34 heavy (non-hydrogen) atoms. The van der Waals surface area contributed by atoms with Gasteiger partial charge in [0, 0.05) is 11.4 Å². The third kappa shape index (κ3) is 3.71. The van der Waals surface area contributed by atoms with Gasteiger partial charge in [-0.1, -0.05) is 25.0 Å². The summed E-state index contributed by atoms with van der Waals surface area (Å²) in [5, 5.41) is 3.03. The largest absolute Gasteiger partial charge is 0.324 e. The molecule has 3 unspecified atom stereocenters. The first-order valence-electron chi connectivity index (χ1n) is 13.2. The van der Waals surface area contributed by atoms with Crippen molar-refractivity contribution in [2.75, 3.05) is 17.3 Å². The molecule has 1 aliphatic heterocycles. The van der Waals surface area contributed by atoms with Crippen molar-refractivity contribution < 1.29 is 14.4 Å². The molecule has 3 atom stereocenters. The van der Waals surface area contributed by atoms with Crippen molar-refractivity contribution in [3.8, 4) is 0 Å². The van der Waals surface area contributed by atoms with E-state index in [-0.39, 0.29) is 29.6 Å². The van der Waals surface area contributed by atoms with Crippen molar-refractivity contribution in [3.05, 3.63) is 29.8 Å². The van der Waals surface area contributed by atoms with Crippen LogP contribution in [0.3, 0.4) is 0 Å². The zero-order valence-electron chi connectivity index (χ0n) is 20.1. The standard InChI is InChI=1S/C28H36N2O3S/c1-34-16-24(30-26(32)22-4-2-3-5-23(22)27(30)33)25(31)29-21-8-6-20(7-9-21)28-13-17-10-18(14-28)12-19(11-17)15-28/h6-9,17-19,22-24H,2-5,10-16H2,1H3,(H,29,31). The van der Waals surface area contributed by atoms with Crippen LogP contribution in [0.2, 0.25) is 0 Å². The fraction of sp³-hybridized carbons (Fsp3) is 0.679. The molecule has 5 saturated carbocycles. The smallest absolute Gasteiger partial charge is 0.248 e. The fourth-order valence-electron chi connectivity index (χ4n) is 8.52. The second-order valence-electron chi connectivity index (χ2n) is 11.8.